The van der Waals surface area contributed by atoms with Gasteiger partial charge in [0.2, 0.25) is 5.82 Å². The van der Waals surface area contributed by atoms with Gasteiger partial charge in [0.05, 0.1) is 5.69 Å². The number of aromatic amines is 1. The van der Waals surface area contributed by atoms with Crippen LogP contribution in [0.25, 0.3) is 5.57 Å². The standard InChI is InChI=1S/C16H16Br2N6/c17-13-6-11(10-4-2-1-3-5-10)7-14(18)15(13)20-9-12(8-19)16-21-23-24-22-16/h6-7,9-10,20H,1-5H2,(H,21,22,23,24). The van der Waals surface area contributed by atoms with Crippen molar-refractivity contribution < 1.29 is 0 Å². The lowest BCUT2D eigenvalue weighted by Crippen LogP contribution is -2.05. The molecule has 0 amide bonds. The average Bonchev–Trinajstić information content (AvgIpc) is 3.12. The summed E-state index contributed by atoms with van der Waals surface area (Å²) in [4.78, 5) is 0. The van der Waals surface area contributed by atoms with E-state index in [-0.39, 0.29) is 5.82 Å². The first-order chi connectivity index (χ1) is 11.7. The van der Waals surface area contributed by atoms with Crippen molar-refractivity contribution in [1.29, 1.82) is 5.26 Å². The summed E-state index contributed by atoms with van der Waals surface area (Å²) in [5, 5.41) is 25.8. The van der Waals surface area contributed by atoms with E-state index in [2.05, 4.69) is 76.0 Å². The van der Waals surface area contributed by atoms with Gasteiger partial charge in [0.15, 0.2) is 0 Å². The van der Waals surface area contributed by atoms with Gasteiger partial charge < -0.3 is 5.32 Å². The highest BCUT2D eigenvalue weighted by atomic mass is 79.9. The Morgan fingerprint density at radius 1 is 1.25 bits per heavy atom. The Labute approximate surface area is 157 Å². The third kappa shape index (κ3) is 3.84. The molecule has 1 aromatic carbocycles. The second-order valence-corrected chi connectivity index (χ2v) is 7.45. The number of anilines is 1. The van der Waals surface area contributed by atoms with Gasteiger partial charge >= 0.3 is 0 Å². The molecule has 2 N–H and O–H groups in total. The molecule has 0 radical (unpaired) electrons. The fourth-order valence-corrected chi connectivity index (χ4v) is 4.42. The minimum Gasteiger partial charge on any atom is -0.358 e. The third-order valence-electron chi connectivity index (χ3n) is 4.21. The number of H-pyrrole nitrogens is 1. The number of allylic oxidation sites excluding steroid dienone is 1. The molecule has 0 atom stereocenters. The highest BCUT2D eigenvalue weighted by Crippen LogP contribution is 2.39. The van der Waals surface area contributed by atoms with E-state index in [9.17, 15) is 5.26 Å². The van der Waals surface area contributed by atoms with Gasteiger partial charge in [0.1, 0.15) is 11.6 Å². The first kappa shape index (κ1) is 17.1. The van der Waals surface area contributed by atoms with E-state index in [0.29, 0.717) is 11.5 Å². The number of hydrogen-bond acceptors (Lipinski definition) is 5. The molecule has 3 rings (SSSR count). The Morgan fingerprint density at radius 3 is 2.54 bits per heavy atom. The maximum Gasteiger partial charge on any atom is 0.216 e. The van der Waals surface area contributed by atoms with Crippen molar-refractivity contribution in [3.8, 4) is 6.07 Å². The molecule has 2 aromatic rings. The SMILES string of the molecule is N#CC(=CNc1c(Br)cc(C2CCCCC2)cc1Br)c1nn[nH]n1. The van der Waals surface area contributed by atoms with Crippen molar-refractivity contribution in [2.75, 3.05) is 5.32 Å². The zero-order valence-corrected chi connectivity index (χ0v) is 16.1. The minimum absolute atomic E-state index is 0.260. The van der Waals surface area contributed by atoms with Crippen LogP contribution < -0.4 is 5.32 Å². The largest absolute Gasteiger partial charge is 0.358 e. The van der Waals surface area contributed by atoms with Crippen LogP contribution >= 0.6 is 31.9 Å². The monoisotopic (exact) mass is 450 g/mol. The molecule has 1 heterocycles. The topological polar surface area (TPSA) is 90.3 Å². The lowest BCUT2D eigenvalue weighted by molar-refractivity contribution is 0.443. The number of halogens is 2. The normalized spacial score (nSPS) is 16.0. The van der Waals surface area contributed by atoms with Crippen LogP contribution in [0.15, 0.2) is 27.3 Å². The molecule has 1 aromatic heterocycles. The van der Waals surface area contributed by atoms with Gasteiger partial charge in [-0.25, -0.2) is 0 Å². The number of tetrazole rings is 1. The van der Waals surface area contributed by atoms with Gasteiger partial charge in [-0.3, -0.25) is 0 Å². The van der Waals surface area contributed by atoms with Gasteiger partial charge in [-0.15, -0.1) is 10.2 Å². The van der Waals surface area contributed by atoms with Crippen LogP contribution in [0, 0.1) is 11.3 Å². The molecule has 6 nitrogen and oxygen atoms in total. The van der Waals surface area contributed by atoms with E-state index in [4.69, 9.17) is 0 Å². The van der Waals surface area contributed by atoms with Crippen molar-refractivity contribution in [2.24, 2.45) is 0 Å². The predicted octanol–water partition coefficient (Wildman–Crippen LogP) is 4.75. The predicted molar refractivity (Wildman–Crippen MR) is 99.1 cm³/mol. The molecular weight excluding hydrogens is 436 g/mol. The quantitative estimate of drug-likeness (QED) is 0.654. The van der Waals surface area contributed by atoms with Crippen molar-refractivity contribution in [3.05, 3.63) is 38.7 Å². The summed E-state index contributed by atoms with van der Waals surface area (Å²) >= 11 is 7.26. The molecule has 24 heavy (non-hydrogen) atoms. The van der Waals surface area contributed by atoms with Crippen LogP contribution in [0.4, 0.5) is 5.69 Å². The summed E-state index contributed by atoms with van der Waals surface area (Å²) in [6.07, 6.45) is 8.04. The number of aromatic nitrogens is 4. The number of nitriles is 1. The molecule has 1 fully saturated rings. The molecule has 0 saturated heterocycles. The van der Waals surface area contributed by atoms with Crippen LogP contribution in [-0.4, -0.2) is 20.6 Å². The lowest BCUT2D eigenvalue weighted by atomic mass is 9.84. The van der Waals surface area contributed by atoms with Crippen LogP contribution in [-0.2, 0) is 0 Å². The Bertz CT molecular complexity index is 749. The molecule has 0 bridgehead atoms. The van der Waals surface area contributed by atoms with Gasteiger partial charge in [-0.1, -0.05) is 19.3 Å². The molecule has 124 valence electrons. The van der Waals surface area contributed by atoms with Crippen LogP contribution in [0.2, 0.25) is 0 Å². The number of nitrogens with zero attached hydrogens (tertiary/aromatic N) is 4. The second kappa shape index (κ2) is 7.90. The number of benzene rings is 1. The highest BCUT2D eigenvalue weighted by molar-refractivity contribution is 9.11. The van der Waals surface area contributed by atoms with E-state index in [1.54, 1.807) is 6.20 Å². The molecule has 1 saturated carbocycles. The molecule has 1 aliphatic carbocycles. The third-order valence-corrected chi connectivity index (χ3v) is 5.46. The Morgan fingerprint density at radius 2 is 1.96 bits per heavy atom. The summed E-state index contributed by atoms with van der Waals surface area (Å²) in [7, 11) is 0. The van der Waals surface area contributed by atoms with E-state index in [1.807, 2.05) is 0 Å². The number of rotatable bonds is 4. The van der Waals surface area contributed by atoms with Crippen molar-refractivity contribution in [2.45, 2.75) is 38.0 Å². The minimum atomic E-state index is 0.260. The van der Waals surface area contributed by atoms with Crippen molar-refractivity contribution in [1.82, 2.24) is 20.6 Å². The fourth-order valence-electron chi connectivity index (χ4n) is 2.97. The Hall–Kier alpha value is -1.72. The number of nitrogens with one attached hydrogen (secondary N) is 2. The first-order valence-electron chi connectivity index (χ1n) is 7.78. The Kier molecular flexibility index (Phi) is 5.63. The summed E-state index contributed by atoms with van der Waals surface area (Å²) in [5.41, 5.74) is 2.52. The molecule has 0 spiro atoms. The summed E-state index contributed by atoms with van der Waals surface area (Å²) in [6.45, 7) is 0. The molecule has 8 heteroatoms. The second-order valence-electron chi connectivity index (χ2n) is 5.74. The van der Waals surface area contributed by atoms with Gasteiger partial charge in [0, 0.05) is 15.1 Å². The van der Waals surface area contributed by atoms with E-state index >= 15 is 0 Å². The molecule has 1 aliphatic rings. The zero-order chi connectivity index (χ0) is 16.9. The number of hydrogen-bond donors (Lipinski definition) is 2. The van der Waals surface area contributed by atoms with Gasteiger partial charge in [-0.2, -0.15) is 10.5 Å². The Balaban J connectivity index is 1.82. The van der Waals surface area contributed by atoms with Crippen LogP contribution in [0.3, 0.4) is 0 Å². The van der Waals surface area contributed by atoms with Crippen LogP contribution in [0.5, 0.6) is 0 Å². The summed E-state index contributed by atoms with van der Waals surface area (Å²) in [5.74, 6) is 0.890. The molecule has 0 unspecified atom stereocenters. The van der Waals surface area contributed by atoms with E-state index < -0.39 is 0 Å². The van der Waals surface area contributed by atoms with Crippen LogP contribution in [0.1, 0.15) is 49.4 Å². The summed E-state index contributed by atoms with van der Waals surface area (Å²) in [6, 6.07) is 6.39. The van der Waals surface area contributed by atoms with E-state index in [0.717, 1.165) is 14.6 Å². The maximum absolute atomic E-state index is 9.23. The average molecular weight is 452 g/mol. The smallest absolute Gasteiger partial charge is 0.216 e. The highest BCUT2D eigenvalue weighted by Gasteiger charge is 2.18. The summed E-state index contributed by atoms with van der Waals surface area (Å²) < 4.78 is 1.92. The molecular formula is C16H16Br2N6. The maximum atomic E-state index is 9.23. The van der Waals surface area contributed by atoms with Crippen molar-refractivity contribution >= 4 is 43.1 Å². The fraction of sp³-hybridized carbons (Fsp3) is 0.375. The van der Waals surface area contributed by atoms with Gasteiger partial charge in [-0.05, 0) is 73.5 Å². The molecule has 0 aliphatic heterocycles. The lowest BCUT2D eigenvalue weighted by Gasteiger charge is -2.23. The first-order valence-corrected chi connectivity index (χ1v) is 9.37. The zero-order valence-electron chi connectivity index (χ0n) is 12.9. The van der Waals surface area contributed by atoms with Gasteiger partial charge in [0.25, 0.3) is 0 Å². The van der Waals surface area contributed by atoms with Crippen molar-refractivity contribution in [3.63, 3.8) is 0 Å². The van der Waals surface area contributed by atoms with E-state index in [1.165, 1.54) is 37.7 Å².